The highest BCUT2D eigenvalue weighted by atomic mass is 32.2. The monoisotopic (exact) mass is 240 g/mol. The second-order valence-corrected chi connectivity index (χ2v) is 5.50. The molecule has 2 rings (SSSR count). The van der Waals surface area contributed by atoms with E-state index in [4.69, 9.17) is 0 Å². The number of thioether (sulfide) groups is 1. The lowest BCUT2D eigenvalue weighted by Crippen LogP contribution is -2.19. The van der Waals surface area contributed by atoms with Crippen LogP contribution in [0.3, 0.4) is 0 Å². The Hall–Kier alpha value is -0.550. The van der Waals surface area contributed by atoms with E-state index in [1.54, 1.807) is 6.33 Å². The largest absolute Gasteiger partial charge is 0.307 e. The highest BCUT2D eigenvalue weighted by Crippen LogP contribution is 2.18. The van der Waals surface area contributed by atoms with Gasteiger partial charge in [-0.25, -0.2) is 9.67 Å². The van der Waals surface area contributed by atoms with Crippen LogP contribution >= 0.6 is 11.8 Å². The standard InChI is InChI=1S/C11H20N4S/c1-2-16-7-3-6-15-11(13-9-14-15)8-12-10-4-5-10/h9-10,12H,2-8H2,1H3. The number of nitrogens with one attached hydrogen (secondary N) is 1. The van der Waals surface area contributed by atoms with Gasteiger partial charge in [0.2, 0.25) is 0 Å². The summed E-state index contributed by atoms with van der Waals surface area (Å²) >= 11 is 1.99. The van der Waals surface area contributed by atoms with Crippen molar-refractivity contribution in [2.75, 3.05) is 11.5 Å². The Morgan fingerprint density at radius 3 is 3.19 bits per heavy atom. The van der Waals surface area contributed by atoms with E-state index >= 15 is 0 Å². The molecule has 0 unspecified atom stereocenters. The summed E-state index contributed by atoms with van der Waals surface area (Å²) in [5, 5.41) is 7.74. The summed E-state index contributed by atoms with van der Waals surface area (Å²) in [5.41, 5.74) is 0. The first-order valence-corrected chi connectivity index (χ1v) is 7.23. The smallest absolute Gasteiger partial charge is 0.140 e. The Bertz CT molecular complexity index is 309. The maximum atomic E-state index is 4.30. The Kier molecular flexibility index (Phi) is 4.66. The number of aromatic nitrogens is 3. The molecule has 0 spiro atoms. The fourth-order valence-electron chi connectivity index (χ4n) is 1.60. The molecule has 1 heterocycles. The molecule has 1 saturated carbocycles. The maximum absolute atomic E-state index is 4.30. The zero-order valence-electron chi connectivity index (χ0n) is 9.85. The van der Waals surface area contributed by atoms with Gasteiger partial charge >= 0.3 is 0 Å². The van der Waals surface area contributed by atoms with E-state index in [0.717, 1.165) is 25.0 Å². The van der Waals surface area contributed by atoms with E-state index in [-0.39, 0.29) is 0 Å². The quantitative estimate of drug-likeness (QED) is 0.702. The van der Waals surface area contributed by atoms with E-state index in [0.29, 0.717) is 0 Å². The van der Waals surface area contributed by atoms with Gasteiger partial charge in [-0.05, 0) is 30.8 Å². The van der Waals surface area contributed by atoms with Crippen molar-refractivity contribution < 1.29 is 0 Å². The van der Waals surface area contributed by atoms with E-state index in [9.17, 15) is 0 Å². The molecule has 16 heavy (non-hydrogen) atoms. The first kappa shape index (κ1) is 11.9. The molecule has 4 nitrogen and oxygen atoms in total. The van der Waals surface area contributed by atoms with Gasteiger partial charge in [-0.3, -0.25) is 0 Å². The van der Waals surface area contributed by atoms with Crippen LogP contribution in [0.1, 0.15) is 32.0 Å². The van der Waals surface area contributed by atoms with Gasteiger partial charge in [0.05, 0.1) is 6.54 Å². The van der Waals surface area contributed by atoms with E-state index < -0.39 is 0 Å². The van der Waals surface area contributed by atoms with Crippen molar-refractivity contribution in [3.8, 4) is 0 Å². The van der Waals surface area contributed by atoms with Crippen LogP contribution in [0.5, 0.6) is 0 Å². The molecule has 5 heteroatoms. The fraction of sp³-hybridized carbons (Fsp3) is 0.818. The third-order valence-corrected chi connectivity index (χ3v) is 3.67. The second kappa shape index (κ2) is 6.25. The van der Waals surface area contributed by atoms with Crippen LogP contribution in [0.2, 0.25) is 0 Å². The van der Waals surface area contributed by atoms with Crippen LogP contribution in [0.15, 0.2) is 6.33 Å². The van der Waals surface area contributed by atoms with Crippen molar-refractivity contribution in [1.29, 1.82) is 0 Å². The van der Waals surface area contributed by atoms with Crippen molar-refractivity contribution in [2.45, 2.75) is 45.3 Å². The van der Waals surface area contributed by atoms with Crippen LogP contribution in [0, 0.1) is 0 Å². The lowest BCUT2D eigenvalue weighted by atomic mass is 10.4. The normalized spacial score (nSPS) is 15.6. The minimum atomic E-state index is 0.737. The molecule has 0 atom stereocenters. The fourth-order valence-corrected chi connectivity index (χ4v) is 2.22. The zero-order chi connectivity index (χ0) is 11.2. The minimum Gasteiger partial charge on any atom is -0.307 e. The van der Waals surface area contributed by atoms with E-state index in [1.807, 2.05) is 16.4 Å². The Morgan fingerprint density at radius 1 is 1.56 bits per heavy atom. The molecule has 1 aromatic heterocycles. The van der Waals surface area contributed by atoms with Crippen LogP contribution in [-0.2, 0) is 13.1 Å². The van der Waals surface area contributed by atoms with Crippen molar-refractivity contribution in [2.24, 2.45) is 0 Å². The molecule has 1 N–H and O–H groups in total. The van der Waals surface area contributed by atoms with Crippen molar-refractivity contribution >= 4 is 11.8 Å². The van der Waals surface area contributed by atoms with Crippen molar-refractivity contribution in [1.82, 2.24) is 20.1 Å². The van der Waals surface area contributed by atoms with Crippen LogP contribution in [-0.4, -0.2) is 32.3 Å². The van der Waals surface area contributed by atoms with Gasteiger partial charge < -0.3 is 5.32 Å². The summed E-state index contributed by atoms with van der Waals surface area (Å²) in [6.45, 7) is 4.06. The van der Waals surface area contributed by atoms with Crippen LogP contribution < -0.4 is 5.32 Å². The molecular weight excluding hydrogens is 220 g/mol. The average molecular weight is 240 g/mol. The molecule has 1 aliphatic carbocycles. The van der Waals surface area contributed by atoms with Crippen LogP contribution in [0.25, 0.3) is 0 Å². The molecule has 0 amide bonds. The highest BCUT2D eigenvalue weighted by Gasteiger charge is 2.20. The minimum absolute atomic E-state index is 0.737. The van der Waals surface area contributed by atoms with Gasteiger partial charge in [0.25, 0.3) is 0 Å². The Labute approximate surface area is 101 Å². The summed E-state index contributed by atoms with van der Waals surface area (Å²) in [5.74, 6) is 3.49. The molecule has 1 fully saturated rings. The third kappa shape index (κ3) is 3.79. The average Bonchev–Trinajstić information content (AvgIpc) is 3.02. The van der Waals surface area contributed by atoms with Gasteiger partial charge in [0, 0.05) is 12.6 Å². The first-order valence-electron chi connectivity index (χ1n) is 6.08. The summed E-state index contributed by atoms with van der Waals surface area (Å²) in [6, 6.07) is 0.737. The SMILES string of the molecule is CCSCCCn1ncnc1CNC1CC1. The number of nitrogens with zero attached hydrogens (tertiary/aromatic N) is 3. The van der Waals surface area contributed by atoms with Gasteiger partial charge in [-0.15, -0.1) is 0 Å². The molecule has 1 aromatic rings. The van der Waals surface area contributed by atoms with Gasteiger partial charge in [0.1, 0.15) is 12.2 Å². The third-order valence-electron chi connectivity index (χ3n) is 2.68. The number of hydrogen-bond acceptors (Lipinski definition) is 4. The van der Waals surface area contributed by atoms with E-state index in [2.05, 4.69) is 22.3 Å². The Balaban J connectivity index is 1.71. The summed E-state index contributed by atoms with van der Waals surface area (Å²) in [6.07, 6.45) is 5.48. The first-order chi connectivity index (χ1) is 7.90. The van der Waals surface area contributed by atoms with Crippen LogP contribution in [0.4, 0.5) is 0 Å². The number of aryl methyl sites for hydroxylation is 1. The molecular formula is C11H20N4S. The Morgan fingerprint density at radius 2 is 2.44 bits per heavy atom. The zero-order valence-corrected chi connectivity index (χ0v) is 10.7. The summed E-state index contributed by atoms with van der Waals surface area (Å²) in [4.78, 5) is 4.30. The highest BCUT2D eigenvalue weighted by molar-refractivity contribution is 7.99. The van der Waals surface area contributed by atoms with E-state index in [1.165, 1.54) is 30.8 Å². The second-order valence-electron chi connectivity index (χ2n) is 4.11. The number of hydrogen-bond donors (Lipinski definition) is 1. The number of rotatable bonds is 8. The molecule has 0 radical (unpaired) electrons. The molecule has 1 aliphatic rings. The summed E-state index contributed by atoms with van der Waals surface area (Å²) in [7, 11) is 0. The van der Waals surface area contributed by atoms with Gasteiger partial charge in [0.15, 0.2) is 0 Å². The van der Waals surface area contributed by atoms with Gasteiger partial charge in [-0.1, -0.05) is 6.92 Å². The predicted octanol–water partition coefficient (Wildman–Crippen LogP) is 1.67. The molecule has 0 aliphatic heterocycles. The van der Waals surface area contributed by atoms with Crippen molar-refractivity contribution in [3.05, 3.63) is 12.2 Å². The molecule has 0 bridgehead atoms. The molecule has 90 valence electrons. The lowest BCUT2D eigenvalue weighted by Gasteiger charge is -2.06. The predicted molar refractivity (Wildman–Crippen MR) is 67.5 cm³/mol. The maximum Gasteiger partial charge on any atom is 0.140 e. The topological polar surface area (TPSA) is 42.7 Å². The molecule has 0 aromatic carbocycles. The lowest BCUT2D eigenvalue weighted by molar-refractivity contribution is 0.543. The molecule has 0 saturated heterocycles. The van der Waals surface area contributed by atoms with Crippen molar-refractivity contribution in [3.63, 3.8) is 0 Å². The summed E-state index contributed by atoms with van der Waals surface area (Å²) < 4.78 is 2.03. The van der Waals surface area contributed by atoms with Gasteiger partial charge in [-0.2, -0.15) is 16.9 Å².